The number of methoxy groups -OCH3 is 2. The fourth-order valence-electron chi connectivity index (χ4n) is 2.53. The van der Waals surface area contributed by atoms with Gasteiger partial charge in [-0.15, -0.1) is 0 Å². The quantitative estimate of drug-likeness (QED) is 0.849. The van der Waals surface area contributed by atoms with Crippen LogP contribution >= 0.6 is 11.6 Å². The summed E-state index contributed by atoms with van der Waals surface area (Å²) in [6.45, 7) is 4.99. The van der Waals surface area contributed by atoms with Crippen molar-refractivity contribution >= 4 is 11.6 Å². The Labute approximate surface area is 137 Å². The van der Waals surface area contributed by atoms with Crippen molar-refractivity contribution in [1.29, 1.82) is 0 Å². The Balaban J connectivity index is 2.12. The van der Waals surface area contributed by atoms with E-state index in [1.54, 1.807) is 14.2 Å². The number of hydrogen-bond acceptors (Lipinski definition) is 3. The third-order valence-electron chi connectivity index (χ3n) is 3.76. The van der Waals surface area contributed by atoms with Crippen LogP contribution in [0.25, 0.3) is 0 Å². The summed E-state index contributed by atoms with van der Waals surface area (Å²) < 4.78 is 10.6. The Kier molecular flexibility index (Phi) is 5.69. The zero-order valence-corrected chi connectivity index (χ0v) is 14.2. The van der Waals surface area contributed by atoms with Crippen LogP contribution in [0.1, 0.15) is 29.7 Å². The lowest BCUT2D eigenvalue weighted by Crippen LogP contribution is -2.19. The van der Waals surface area contributed by atoms with Gasteiger partial charge in [0, 0.05) is 12.6 Å². The Bertz CT molecular complexity index is 643. The predicted octanol–water partition coefficient (Wildman–Crippen LogP) is 4.52. The Morgan fingerprint density at radius 2 is 1.86 bits per heavy atom. The Hall–Kier alpha value is -1.71. The summed E-state index contributed by atoms with van der Waals surface area (Å²) in [5, 5.41) is 4.07. The Morgan fingerprint density at radius 1 is 1.14 bits per heavy atom. The van der Waals surface area contributed by atoms with E-state index in [-0.39, 0.29) is 6.04 Å². The van der Waals surface area contributed by atoms with E-state index >= 15 is 0 Å². The van der Waals surface area contributed by atoms with E-state index in [9.17, 15) is 0 Å². The first-order valence-electron chi connectivity index (χ1n) is 7.26. The van der Waals surface area contributed by atoms with E-state index in [2.05, 4.69) is 43.4 Å². The van der Waals surface area contributed by atoms with E-state index in [0.29, 0.717) is 23.1 Å². The first-order chi connectivity index (χ1) is 10.6. The second-order valence-electron chi connectivity index (χ2n) is 5.27. The van der Waals surface area contributed by atoms with Crippen LogP contribution in [0.5, 0.6) is 11.5 Å². The van der Waals surface area contributed by atoms with Crippen LogP contribution in [-0.2, 0) is 6.54 Å². The highest BCUT2D eigenvalue weighted by atomic mass is 35.5. The van der Waals surface area contributed by atoms with Crippen LogP contribution in [0, 0.1) is 6.92 Å². The summed E-state index contributed by atoms with van der Waals surface area (Å²) >= 11 is 6.24. The lowest BCUT2D eigenvalue weighted by atomic mass is 10.0. The van der Waals surface area contributed by atoms with Gasteiger partial charge in [0.25, 0.3) is 0 Å². The standard InChI is InChI=1S/C18H22ClNO2/c1-12-7-5-6-8-15(12)13(2)20-11-14-9-16(19)18(22-4)17(10-14)21-3/h5-10,13,20H,11H2,1-4H3. The van der Waals surface area contributed by atoms with Gasteiger partial charge < -0.3 is 14.8 Å². The molecular weight excluding hydrogens is 298 g/mol. The highest BCUT2D eigenvalue weighted by Gasteiger charge is 2.12. The molecule has 2 aromatic carbocycles. The van der Waals surface area contributed by atoms with Crippen molar-refractivity contribution in [1.82, 2.24) is 5.32 Å². The molecule has 0 amide bonds. The van der Waals surface area contributed by atoms with Gasteiger partial charge in [0.15, 0.2) is 11.5 Å². The molecule has 2 rings (SSSR count). The predicted molar refractivity (Wildman–Crippen MR) is 91.0 cm³/mol. The molecule has 0 bridgehead atoms. The third kappa shape index (κ3) is 3.73. The lowest BCUT2D eigenvalue weighted by molar-refractivity contribution is 0.354. The van der Waals surface area contributed by atoms with Crippen molar-refractivity contribution in [2.24, 2.45) is 0 Å². The number of nitrogens with one attached hydrogen (secondary N) is 1. The van der Waals surface area contributed by atoms with E-state index in [1.165, 1.54) is 11.1 Å². The largest absolute Gasteiger partial charge is 0.493 e. The van der Waals surface area contributed by atoms with Gasteiger partial charge in [-0.05, 0) is 42.7 Å². The summed E-state index contributed by atoms with van der Waals surface area (Å²) in [7, 11) is 3.20. The van der Waals surface area contributed by atoms with E-state index in [1.807, 2.05) is 12.1 Å². The molecule has 0 aliphatic rings. The molecule has 22 heavy (non-hydrogen) atoms. The fraction of sp³-hybridized carbons (Fsp3) is 0.333. The fourth-order valence-corrected chi connectivity index (χ4v) is 2.84. The van der Waals surface area contributed by atoms with Crippen molar-refractivity contribution in [3.05, 3.63) is 58.1 Å². The van der Waals surface area contributed by atoms with Gasteiger partial charge in [-0.3, -0.25) is 0 Å². The van der Waals surface area contributed by atoms with Crippen molar-refractivity contribution < 1.29 is 9.47 Å². The van der Waals surface area contributed by atoms with Gasteiger partial charge in [0.05, 0.1) is 19.2 Å². The van der Waals surface area contributed by atoms with Gasteiger partial charge in [-0.25, -0.2) is 0 Å². The lowest BCUT2D eigenvalue weighted by Gasteiger charge is -2.17. The maximum absolute atomic E-state index is 6.24. The van der Waals surface area contributed by atoms with E-state index in [4.69, 9.17) is 21.1 Å². The SMILES string of the molecule is COc1cc(CNC(C)c2ccccc2C)cc(Cl)c1OC. The van der Waals surface area contributed by atoms with Crippen molar-refractivity contribution in [3.63, 3.8) is 0 Å². The van der Waals surface area contributed by atoms with Crippen LogP contribution in [0.15, 0.2) is 36.4 Å². The number of halogens is 1. The first-order valence-corrected chi connectivity index (χ1v) is 7.64. The van der Waals surface area contributed by atoms with Gasteiger partial charge >= 0.3 is 0 Å². The molecule has 118 valence electrons. The Morgan fingerprint density at radius 3 is 2.50 bits per heavy atom. The summed E-state index contributed by atoms with van der Waals surface area (Å²) in [5.41, 5.74) is 3.64. The van der Waals surface area contributed by atoms with Crippen molar-refractivity contribution in [3.8, 4) is 11.5 Å². The monoisotopic (exact) mass is 319 g/mol. The van der Waals surface area contributed by atoms with Crippen LogP contribution in [0.2, 0.25) is 5.02 Å². The van der Waals surface area contributed by atoms with E-state index < -0.39 is 0 Å². The molecule has 0 heterocycles. The number of ether oxygens (including phenoxy) is 2. The molecule has 0 saturated carbocycles. The second-order valence-corrected chi connectivity index (χ2v) is 5.68. The van der Waals surface area contributed by atoms with Crippen molar-refractivity contribution in [2.45, 2.75) is 26.4 Å². The highest BCUT2D eigenvalue weighted by molar-refractivity contribution is 6.32. The van der Waals surface area contributed by atoms with Crippen LogP contribution in [0.4, 0.5) is 0 Å². The molecule has 0 fully saturated rings. The maximum atomic E-state index is 6.24. The third-order valence-corrected chi connectivity index (χ3v) is 4.04. The number of aryl methyl sites for hydroxylation is 1. The van der Waals surface area contributed by atoms with Gasteiger partial charge in [0.2, 0.25) is 0 Å². The van der Waals surface area contributed by atoms with Gasteiger partial charge in [0.1, 0.15) is 0 Å². The molecule has 0 spiro atoms. The maximum Gasteiger partial charge on any atom is 0.179 e. The minimum Gasteiger partial charge on any atom is -0.493 e. The molecule has 3 nitrogen and oxygen atoms in total. The molecule has 1 N–H and O–H groups in total. The smallest absolute Gasteiger partial charge is 0.179 e. The molecule has 0 aromatic heterocycles. The summed E-state index contributed by atoms with van der Waals surface area (Å²) in [6.07, 6.45) is 0. The average molecular weight is 320 g/mol. The molecule has 0 aliphatic heterocycles. The zero-order chi connectivity index (χ0) is 16.1. The number of rotatable bonds is 6. The van der Waals surface area contributed by atoms with Crippen LogP contribution < -0.4 is 14.8 Å². The number of benzene rings is 2. The summed E-state index contributed by atoms with van der Waals surface area (Å²) in [4.78, 5) is 0. The normalized spacial score (nSPS) is 12.0. The molecular formula is C18H22ClNO2. The molecule has 2 aromatic rings. The minimum absolute atomic E-state index is 0.257. The summed E-state index contributed by atoms with van der Waals surface area (Å²) in [6, 6.07) is 12.5. The van der Waals surface area contributed by atoms with Gasteiger partial charge in [-0.2, -0.15) is 0 Å². The molecule has 1 unspecified atom stereocenters. The highest BCUT2D eigenvalue weighted by Crippen LogP contribution is 2.36. The topological polar surface area (TPSA) is 30.5 Å². The summed E-state index contributed by atoms with van der Waals surface area (Å²) in [5.74, 6) is 1.22. The van der Waals surface area contributed by atoms with Crippen molar-refractivity contribution in [2.75, 3.05) is 14.2 Å². The van der Waals surface area contributed by atoms with E-state index in [0.717, 1.165) is 5.56 Å². The molecule has 4 heteroatoms. The zero-order valence-electron chi connectivity index (χ0n) is 13.4. The number of hydrogen-bond donors (Lipinski definition) is 1. The second kappa shape index (κ2) is 7.52. The molecule has 1 atom stereocenters. The minimum atomic E-state index is 0.257. The molecule has 0 radical (unpaired) electrons. The molecule has 0 saturated heterocycles. The average Bonchev–Trinajstić information content (AvgIpc) is 2.52. The van der Waals surface area contributed by atoms with Crippen LogP contribution in [-0.4, -0.2) is 14.2 Å². The first kappa shape index (κ1) is 16.7. The van der Waals surface area contributed by atoms with Gasteiger partial charge in [-0.1, -0.05) is 35.9 Å². The van der Waals surface area contributed by atoms with Crippen LogP contribution in [0.3, 0.4) is 0 Å². The molecule has 0 aliphatic carbocycles.